The Balaban J connectivity index is 0.000000296. The highest BCUT2D eigenvalue weighted by molar-refractivity contribution is 5.84. The first-order valence-electron chi connectivity index (χ1n) is 33.9. The molecule has 2 aromatic heterocycles. The van der Waals surface area contributed by atoms with Gasteiger partial charge in [0.25, 0.3) is 11.1 Å². The smallest absolute Gasteiger partial charge is 0.419 e. The van der Waals surface area contributed by atoms with Crippen LogP contribution in [0.25, 0.3) is 22.3 Å². The van der Waals surface area contributed by atoms with Gasteiger partial charge in [0.05, 0.1) is 68.0 Å². The van der Waals surface area contributed by atoms with Crippen LogP contribution in [-0.4, -0.2) is 108 Å². The lowest BCUT2D eigenvalue weighted by molar-refractivity contribution is -0.144. The van der Waals surface area contributed by atoms with Crippen molar-refractivity contribution < 1.29 is 109 Å². The zero-order chi connectivity index (χ0) is 79.2. The number of carbonyl (C=O) groups is 4. The number of benzene rings is 4. The number of carboxylic acid groups (broad SMARTS) is 1. The molecule has 4 atom stereocenters. The fourth-order valence-corrected chi connectivity index (χ4v) is 13.1. The number of aryl methyl sites for hydroxylation is 2. The molecule has 4 aromatic carbocycles. The first-order chi connectivity index (χ1) is 49.3. The quantitative estimate of drug-likeness (QED) is 0.0327. The molecule has 0 radical (unpaired) electrons. The number of carboxylic acids is 1. The van der Waals surface area contributed by atoms with Crippen LogP contribution in [0, 0.1) is 62.8 Å². The van der Waals surface area contributed by atoms with E-state index >= 15 is 17.6 Å². The van der Waals surface area contributed by atoms with E-state index in [1.54, 1.807) is 27.7 Å². The first-order valence-corrected chi connectivity index (χ1v) is 33.9. The molecule has 4 heterocycles. The number of methoxy groups -OCH3 is 2. The van der Waals surface area contributed by atoms with Gasteiger partial charge >= 0.3 is 36.6 Å². The summed E-state index contributed by atoms with van der Waals surface area (Å²) in [5, 5.41) is 14.1. The third-order valence-electron chi connectivity index (χ3n) is 18.6. The molecule has 106 heavy (non-hydrogen) atoms. The van der Waals surface area contributed by atoms with Crippen LogP contribution in [0.15, 0.2) is 70.5 Å². The molecule has 0 spiro atoms. The molecule has 0 bridgehead atoms. The Bertz CT molecular complexity index is 4350. The van der Waals surface area contributed by atoms with Gasteiger partial charge in [-0.2, -0.15) is 52.7 Å². The summed E-state index contributed by atoms with van der Waals surface area (Å²) in [6, 6.07) is -0.462. The number of pyridine rings is 2. The fourth-order valence-electron chi connectivity index (χ4n) is 13.1. The van der Waals surface area contributed by atoms with Crippen molar-refractivity contribution in [2.24, 2.45) is 11.8 Å². The van der Waals surface area contributed by atoms with Crippen LogP contribution in [0.3, 0.4) is 0 Å². The lowest BCUT2D eigenvalue weighted by Gasteiger charge is -2.31. The van der Waals surface area contributed by atoms with Crippen molar-refractivity contribution in [3.8, 4) is 33.8 Å². The van der Waals surface area contributed by atoms with Crippen molar-refractivity contribution in [1.82, 2.24) is 29.6 Å². The standard InChI is InChI=1S/C38H43F8N3O5.C36H39F8N3O5/c1-7-54-31(51)18-27(33-34(39)24(16-26(35(33)40)38(44,45)46)32-21(4)9-10-29(53-6)22(32)5)47-36(52)28(15-20(2)3)49-19-23(11-14-48-12-8-13-48)25(17-30(49)50)37(41,42)43;1-18(2)13-26(47-17-21(9-12-46-10-6-11-46)23(15-28(47)48)35(39,40)41)34(51)45-25(16-29(49)50)31-32(37)22(14-24(33(31)38)36(42,43)44)30-19(3)7-8-27(52-5)20(30)4/h9-10,16-17,19-20,27-28H,7-8,11-15,18H2,1-6H3,(H,47,52);7-8,14-15,17-18,25-26H,6,9-13,16H2,1-5H3,(H,45,51)(H,49,50)/t27-,28?;25-,26?/m00/s1. The average molecular weight is 1520 g/mol. The second kappa shape index (κ2) is 34.3. The van der Waals surface area contributed by atoms with Crippen molar-refractivity contribution >= 4 is 23.8 Å². The molecule has 580 valence electrons. The van der Waals surface area contributed by atoms with Crippen molar-refractivity contribution in [3.63, 3.8) is 0 Å². The van der Waals surface area contributed by atoms with Gasteiger partial charge in [0.1, 0.15) is 46.9 Å². The minimum Gasteiger partial charge on any atom is -0.496 e. The SMILES string of the molecule is CCOC(=O)C[C@H](NC(=O)C(CC(C)C)n1cc(CCN2CCC2)c(C(F)(F)F)cc1=O)c1c(F)c(-c2c(C)ccc(OC)c2C)cc(C(F)(F)F)c1F.COc1ccc(C)c(-c2cc(C(F)(F)F)c(F)c([C@H](CC(=O)O)NC(=O)C(CC(C)C)n3cc(CCN4CCC4)c(C(F)(F)F)cc3=O)c2F)c1C. The Morgan fingerprint density at radius 3 is 1.16 bits per heavy atom. The summed E-state index contributed by atoms with van der Waals surface area (Å²) in [7, 11) is 2.57. The molecule has 2 unspecified atom stereocenters. The Hall–Kier alpha value is -8.94. The van der Waals surface area contributed by atoms with Crippen molar-refractivity contribution in [3.05, 3.63) is 172 Å². The topological polar surface area (TPSA) is 191 Å². The molecule has 0 saturated carbocycles. The van der Waals surface area contributed by atoms with E-state index in [2.05, 4.69) is 10.6 Å². The Labute approximate surface area is 600 Å². The summed E-state index contributed by atoms with van der Waals surface area (Å²) >= 11 is 0. The van der Waals surface area contributed by atoms with Gasteiger partial charge in [0.15, 0.2) is 0 Å². The predicted octanol–water partition coefficient (Wildman–Crippen LogP) is 15.7. The molecule has 2 amide bonds. The summed E-state index contributed by atoms with van der Waals surface area (Å²) in [5.74, 6) is -13.1. The number of ether oxygens (including phenoxy) is 3. The van der Waals surface area contributed by atoms with Gasteiger partial charge in [-0.25, -0.2) is 17.6 Å². The number of likely N-dealkylation sites (tertiary alicyclic amines) is 2. The normalized spacial score (nSPS) is 14.9. The maximum absolute atomic E-state index is 16.8. The average Bonchev–Trinajstić information content (AvgIpc) is 0.756. The predicted molar refractivity (Wildman–Crippen MR) is 359 cm³/mol. The lowest BCUT2D eigenvalue weighted by atomic mass is 9.88. The zero-order valence-corrected chi connectivity index (χ0v) is 59.8. The van der Waals surface area contributed by atoms with Crippen molar-refractivity contribution in [2.75, 3.05) is 60.1 Å². The number of rotatable bonds is 27. The Morgan fingerprint density at radius 2 is 0.868 bits per heavy atom. The summed E-state index contributed by atoms with van der Waals surface area (Å²) < 4.78 is 253. The summed E-state index contributed by atoms with van der Waals surface area (Å²) in [4.78, 5) is 83.4. The number of nitrogens with one attached hydrogen (secondary N) is 2. The molecule has 2 saturated heterocycles. The Kier molecular flexibility index (Phi) is 27.3. The van der Waals surface area contributed by atoms with Gasteiger partial charge in [-0.05, 0) is 180 Å². The number of nitrogens with zero attached hydrogens (tertiary/aromatic N) is 4. The number of amides is 2. The zero-order valence-electron chi connectivity index (χ0n) is 59.8. The van der Waals surface area contributed by atoms with E-state index in [0.29, 0.717) is 49.9 Å². The van der Waals surface area contributed by atoms with Gasteiger partial charge in [-0.15, -0.1) is 0 Å². The highest BCUT2D eigenvalue weighted by atomic mass is 19.4. The fraction of sp³-hybridized carbons (Fsp3) is 0.486. The number of hydrogen-bond donors (Lipinski definition) is 3. The molecule has 32 heteroatoms. The number of aromatic nitrogens is 2. The van der Waals surface area contributed by atoms with Crippen LogP contribution in [-0.2, 0) is 61.5 Å². The number of carbonyl (C=O) groups excluding carboxylic acids is 3. The molecular weight excluding hydrogens is 1440 g/mol. The molecule has 6 aromatic rings. The van der Waals surface area contributed by atoms with Gasteiger partial charge in [0.2, 0.25) is 11.8 Å². The monoisotopic (exact) mass is 1520 g/mol. The van der Waals surface area contributed by atoms with Gasteiger partial charge in [-0.1, -0.05) is 39.8 Å². The third kappa shape index (κ3) is 19.8. The van der Waals surface area contributed by atoms with Crippen LogP contribution in [0.4, 0.5) is 70.2 Å². The van der Waals surface area contributed by atoms with E-state index in [-0.39, 0.29) is 102 Å². The van der Waals surface area contributed by atoms with Gasteiger partial charge in [0, 0.05) is 59.9 Å². The largest absolute Gasteiger partial charge is 0.496 e. The van der Waals surface area contributed by atoms with Crippen LogP contribution < -0.4 is 31.2 Å². The molecule has 2 aliphatic heterocycles. The van der Waals surface area contributed by atoms with Crippen molar-refractivity contribution in [1.29, 1.82) is 0 Å². The highest BCUT2D eigenvalue weighted by Crippen LogP contribution is 2.46. The highest BCUT2D eigenvalue weighted by Gasteiger charge is 2.44. The van der Waals surface area contributed by atoms with Gasteiger partial charge in [-0.3, -0.25) is 28.8 Å². The molecule has 0 aliphatic carbocycles. The van der Waals surface area contributed by atoms with Gasteiger partial charge < -0.3 is 48.9 Å². The molecule has 16 nitrogen and oxygen atoms in total. The molecule has 2 fully saturated rings. The third-order valence-corrected chi connectivity index (χ3v) is 18.6. The molecular formula is C74H82F16N6O10. The number of halogens is 16. The Morgan fingerprint density at radius 1 is 0.519 bits per heavy atom. The summed E-state index contributed by atoms with van der Waals surface area (Å²) in [6.45, 7) is 16.8. The minimum absolute atomic E-state index is 0.0560. The first kappa shape index (κ1) is 84.3. The van der Waals surface area contributed by atoms with E-state index in [1.165, 1.54) is 73.1 Å². The minimum atomic E-state index is -5.40. The summed E-state index contributed by atoms with van der Waals surface area (Å²) in [6.07, 6.45) is -20.0. The van der Waals surface area contributed by atoms with Crippen LogP contribution in [0.1, 0.15) is 164 Å². The number of alkyl halides is 12. The second-order valence-corrected chi connectivity index (χ2v) is 27.0. The van der Waals surface area contributed by atoms with E-state index in [1.807, 2.05) is 9.80 Å². The van der Waals surface area contributed by atoms with Crippen molar-refractivity contribution in [2.45, 2.75) is 163 Å². The molecule has 2 aliphatic rings. The van der Waals surface area contributed by atoms with Crippen LogP contribution >= 0.6 is 0 Å². The van der Waals surface area contributed by atoms with Crippen LogP contribution in [0.5, 0.6) is 11.5 Å². The van der Waals surface area contributed by atoms with E-state index in [9.17, 15) is 86.6 Å². The maximum Gasteiger partial charge on any atom is 0.419 e. The molecule has 3 N–H and O–H groups in total. The maximum atomic E-state index is 16.8. The second-order valence-electron chi connectivity index (χ2n) is 27.0. The lowest BCUT2D eigenvalue weighted by Crippen LogP contribution is -2.41. The summed E-state index contributed by atoms with van der Waals surface area (Å²) in [5.41, 5.74) is -12.5. The molecule has 8 rings (SSSR count). The van der Waals surface area contributed by atoms with Crippen LogP contribution in [0.2, 0.25) is 0 Å². The number of esters is 1. The van der Waals surface area contributed by atoms with E-state index < -0.39 is 176 Å². The number of aliphatic carboxylic acids is 1. The van der Waals surface area contributed by atoms with E-state index in [0.717, 1.165) is 34.4 Å². The van der Waals surface area contributed by atoms with E-state index in [4.69, 9.17) is 14.2 Å². The number of hydrogen-bond acceptors (Lipinski definition) is 11.